The van der Waals surface area contributed by atoms with E-state index >= 15 is 0 Å². The van der Waals surface area contributed by atoms with Crippen LogP contribution >= 0.6 is 0 Å². The zero-order valence-corrected chi connectivity index (χ0v) is 31.2. The molecular formula is C45H51N3O7. The molecule has 288 valence electrons. The molecular weight excluding hydrogens is 695 g/mol. The fourth-order valence-electron chi connectivity index (χ4n) is 8.35. The highest BCUT2D eigenvalue weighted by molar-refractivity contribution is 5.82. The number of benzene rings is 4. The Morgan fingerprint density at radius 2 is 1.49 bits per heavy atom. The fourth-order valence-corrected chi connectivity index (χ4v) is 8.35. The summed E-state index contributed by atoms with van der Waals surface area (Å²) in [6, 6.07) is 34.5. The first-order valence-electron chi connectivity index (χ1n) is 19.5. The Kier molecular flexibility index (Phi) is 12.6. The number of hydrogen-bond acceptors (Lipinski definition) is 7. The van der Waals surface area contributed by atoms with Crippen LogP contribution in [0.4, 0.5) is 0 Å². The SMILES string of the molecule is O=C(N[C@H]1c2ccccc2C[C@H]1O)[C@@H](Cc1ccccc1)C[C@H](O)CN1C(=O)[C@@H](Cc2ccccc2)C[C@@H]1Cc1ccc(OCC(=O)N2CCOCC2)cc1. The number of aliphatic hydroxyl groups excluding tert-OH is 2. The first-order chi connectivity index (χ1) is 26.8. The number of nitrogens with zero attached hydrogens (tertiary/aromatic N) is 2. The van der Waals surface area contributed by atoms with Crippen molar-refractivity contribution >= 4 is 17.7 Å². The maximum absolute atomic E-state index is 14.1. The van der Waals surface area contributed by atoms with Crippen molar-refractivity contribution in [1.82, 2.24) is 15.1 Å². The summed E-state index contributed by atoms with van der Waals surface area (Å²) < 4.78 is 11.1. The maximum Gasteiger partial charge on any atom is 0.260 e. The zero-order valence-electron chi connectivity index (χ0n) is 31.2. The van der Waals surface area contributed by atoms with Crippen LogP contribution in [-0.4, -0.2) is 95.4 Å². The number of rotatable bonds is 15. The molecule has 4 aromatic rings. The number of likely N-dealkylation sites (tertiary alicyclic amines) is 1. The van der Waals surface area contributed by atoms with E-state index in [1.54, 1.807) is 4.90 Å². The molecule has 3 aliphatic rings. The lowest BCUT2D eigenvalue weighted by molar-refractivity contribution is -0.137. The molecule has 1 aliphatic carbocycles. The summed E-state index contributed by atoms with van der Waals surface area (Å²) in [4.78, 5) is 44.3. The van der Waals surface area contributed by atoms with Gasteiger partial charge in [-0.3, -0.25) is 14.4 Å². The van der Waals surface area contributed by atoms with Crippen molar-refractivity contribution in [3.63, 3.8) is 0 Å². The van der Waals surface area contributed by atoms with Gasteiger partial charge < -0.3 is 34.8 Å². The summed E-state index contributed by atoms with van der Waals surface area (Å²) in [5.41, 5.74) is 5.01. The van der Waals surface area contributed by atoms with Gasteiger partial charge in [0.15, 0.2) is 6.61 Å². The van der Waals surface area contributed by atoms with Crippen LogP contribution in [0.15, 0.2) is 109 Å². The maximum atomic E-state index is 14.1. The topological polar surface area (TPSA) is 129 Å². The zero-order chi connectivity index (χ0) is 38.1. The van der Waals surface area contributed by atoms with Crippen LogP contribution in [0.25, 0.3) is 0 Å². The van der Waals surface area contributed by atoms with Crippen molar-refractivity contribution in [2.75, 3.05) is 39.5 Å². The Bertz CT molecular complexity index is 1880. The first kappa shape index (κ1) is 38.3. The van der Waals surface area contributed by atoms with Gasteiger partial charge in [0.05, 0.1) is 31.5 Å². The van der Waals surface area contributed by atoms with Crippen LogP contribution in [0, 0.1) is 11.8 Å². The average molecular weight is 746 g/mol. The lowest BCUT2D eigenvalue weighted by atomic mass is 9.91. The average Bonchev–Trinajstić information content (AvgIpc) is 3.68. The lowest BCUT2D eigenvalue weighted by Crippen LogP contribution is -2.43. The minimum absolute atomic E-state index is 0.00391. The molecule has 7 rings (SSSR count). The number of hydrogen-bond donors (Lipinski definition) is 3. The van der Waals surface area contributed by atoms with Gasteiger partial charge in [-0.2, -0.15) is 0 Å². The van der Waals surface area contributed by atoms with Crippen LogP contribution < -0.4 is 10.1 Å². The quantitative estimate of drug-likeness (QED) is 0.166. The van der Waals surface area contributed by atoms with Crippen molar-refractivity contribution in [2.24, 2.45) is 11.8 Å². The van der Waals surface area contributed by atoms with E-state index < -0.39 is 24.2 Å². The van der Waals surface area contributed by atoms with Crippen molar-refractivity contribution in [2.45, 2.75) is 62.8 Å². The molecule has 2 aliphatic heterocycles. The van der Waals surface area contributed by atoms with E-state index in [1.165, 1.54) is 0 Å². The number of fused-ring (bicyclic) bond motifs is 1. The molecule has 3 N–H and O–H groups in total. The number of carbonyl (C=O) groups is 3. The van der Waals surface area contributed by atoms with Gasteiger partial charge in [0.1, 0.15) is 5.75 Å². The molecule has 55 heavy (non-hydrogen) atoms. The van der Waals surface area contributed by atoms with Gasteiger partial charge in [0.25, 0.3) is 5.91 Å². The second-order valence-corrected chi connectivity index (χ2v) is 15.1. The standard InChI is InChI=1S/C45H51N3O7/c49-38(27-35(23-31-9-3-1-4-10-31)44(52)46-43-40-14-8-7-13-34(40)28-41(43)50)29-48-37(26-36(45(48)53)24-32-11-5-2-6-12-32)25-33-15-17-39(18-16-33)55-30-42(51)47-19-21-54-22-20-47/h1-18,35-38,41,43,49-50H,19-30H2,(H,46,52)/t35-,36-,37-,38-,41+,43-/m0/s1. The Morgan fingerprint density at radius 1 is 0.836 bits per heavy atom. The normalized spacial score (nSPS) is 21.9. The molecule has 0 saturated carbocycles. The summed E-state index contributed by atoms with van der Waals surface area (Å²) in [5, 5.41) is 25.7. The van der Waals surface area contributed by atoms with Gasteiger partial charge in [0, 0.05) is 43.9 Å². The molecule has 0 radical (unpaired) electrons. The number of nitrogens with one attached hydrogen (secondary N) is 1. The Labute approximate surface area is 323 Å². The molecule has 0 unspecified atom stereocenters. The third-order valence-corrected chi connectivity index (χ3v) is 11.2. The number of aliphatic hydroxyl groups is 2. The summed E-state index contributed by atoms with van der Waals surface area (Å²) in [5.74, 6) is -0.524. The minimum Gasteiger partial charge on any atom is -0.484 e. The fraction of sp³-hybridized carbons (Fsp3) is 0.400. The highest BCUT2D eigenvalue weighted by atomic mass is 16.5. The van der Waals surface area contributed by atoms with Crippen LogP contribution in [-0.2, 0) is 44.8 Å². The van der Waals surface area contributed by atoms with E-state index in [0.29, 0.717) is 64.2 Å². The number of carbonyl (C=O) groups excluding carboxylic acids is 3. The summed E-state index contributed by atoms with van der Waals surface area (Å²) in [7, 11) is 0. The largest absolute Gasteiger partial charge is 0.484 e. The van der Waals surface area contributed by atoms with Gasteiger partial charge in [-0.1, -0.05) is 97.1 Å². The highest BCUT2D eigenvalue weighted by Gasteiger charge is 2.41. The minimum atomic E-state index is -0.957. The van der Waals surface area contributed by atoms with E-state index in [2.05, 4.69) is 5.32 Å². The lowest BCUT2D eigenvalue weighted by Gasteiger charge is -2.29. The molecule has 2 saturated heterocycles. The molecule has 0 spiro atoms. The number of amides is 3. The van der Waals surface area contributed by atoms with Gasteiger partial charge in [-0.05, 0) is 72.1 Å². The smallest absolute Gasteiger partial charge is 0.260 e. The predicted octanol–water partition coefficient (Wildman–Crippen LogP) is 4.31. The highest BCUT2D eigenvalue weighted by Crippen LogP contribution is 2.33. The molecule has 10 nitrogen and oxygen atoms in total. The van der Waals surface area contributed by atoms with Crippen molar-refractivity contribution < 1.29 is 34.1 Å². The van der Waals surface area contributed by atoms with Crippen LogP contribution in [0.1, 0.15) is 46.7 Å². The van der Waals surface area contributed by atoms with E-state index in [-0.39, 0.29) is 49.3 Å². The van der Waals surface area contributed by atoms with Crippen LogP contribution in [0.5, 0.6) is 5.75 Å². The Morgan fingerprint density at radius 3 is 2.22 bits per heavy atom. The number of morpholine rings is 1. The van der Waals surface area contributed by atoms with Gasteiger partial charge >= 0.3 is 0 Å². The third-order valence-electron chi connectivity index (χ3n) is 11.2. The van der Waals surface area contributed by atoms with Gasteiger partial charge in [-0.15, -0.1) is 0 Å². The molecule has 3 amide bonds. The van der Waals surface area contributed by atoms with Crippen molar-refractivity contribution in [1.29, 1.82) is 0 Å². The molecule has 2 heterocycles. The van der Waals surface area contributed by atoms with E-state index in [9.17, 15) is 24.6 Å². The number of ether oxygens (including phenoxy) is 2. The summed E-state index contributed by atoms with van der Waals surface area (Å²) in [6.45, 7) is 2.27. The molecule has 4 aromatic carbocycles. The van der Waals surface area contributed by atoms with E-state index in [0.717, 1.165) is 27.8 Å². The van der Waals surface area contributed by atoms with E-state index in [1.807, 2.05) is 114 Å². The second kappa shape index (κ2) is 18.1. The summed E-state index contributed by atoms with van der Waals surface area (Å²) in [6.07, 6.45) is 1.18. The van der Waals surface area contributed by atoms with Crippen molar-refractivity contribution in [3.8, 4) is 5.75 Å². The molecule has 6 atom stereocenters. The first-order valence-corrected chi connectivity index (χ1v) is 19.5. The van der Waals surface area contributed by atoms with Crippen LogP contribution in [0.3, 0.4) is 0 Å². The van der Waals surface area contributed by atoms with Gasteiger partial charge in [-0.25, -0.2) is 0 Å². The predicted molar refractivity (Wildman–Crippen MR) is 208 cm³/mol. The van der Waals surface area contributed by atoms with E-state index in [4.69, 9.17) is 9.47 Å². The Hall–Kier alpha value is -5.03. The Balaban J connectivity index is 1.04. The molecule has 0 aromatic heterocycles. The van der Waals surface area contributed by atoms with Gasteiger partial charge in [0.2, 0.25) is 11.8 Å². The molecule has 0 bridgehead atoms. The molecule has 10 heteroatoms. The summed E-state index contributed by atoms with van der Waals surface area (Å²) >= 11 is 0. The van der Waals surface area contributed by atoms with Crippen molar-refractivity contribution in [3.05, 3.63) is 137 Å². The second-order valence-electron chi connectivity index (χ2n) is 15.1. The monoisotopic (exact) mass is 745 g/mol. The van der Waals surface area contributed by atoms with Crippen LogP contribution in [0.2, 0.25) is 0 Å². The molecule has 2 fully saturated rings. The number of β-amino-alcohol motifs (C(OH)–C–C–N with tert-alkyl or cyclic N) is 1. The third kappa shape index (κ3) is 9.80.